The highest BCUT2D eigenvalue weighted by atomic mass is 35.5. The first-order chi connectivity index (χ1) is 12.6. The van der Waals surface area contributed by atoms with Crippen LogP contribution in [0.5, 0.6) is 0 Å². The van der Waals surface area contributed by atoms with Crippen molar-refractivity contribution in [1.82, 2.24) is 4.98 Å². The molecule has 0 radical (unpaired) electrons. The van der Waals surface area contributed by atoms with E-state index in [1.54, 1.807) is 35.7 Å². The van der Waals surface area contributed by atoms with Gasteiger partial charge in [0.15, 0.2) is 16.3 Å². The molecule has 0 unspecified atom stereocenters. The summed E-state index contributed by atoms with van der Waals surface area (Å²) in [6, 6.07) is 15.3. The smallest absolute Gasteiger partial charge is 0.293 e. The van der Waals surface area contributed by atoms with Crippen molar-refractivity contribution in [3.63, 3.8) is 0 Å². The highest BCUT2D eigenvalue weighted by molar-refractivity contribution is 7.14. The first-order valence-electron chi connectivity index (χ1n) is 7.66. The summed E-state index contributed by atoms with van der Waals surface area (Å²) < 4.78 is 5.53. The van der Waals surface area contributed by atoms with Crippen LogP contribution in [0.3, 0.4) is 0 Å². The standard InChI is InChI=1S/C19H11ClN2O3S/c20-13-7-3-1-5-11(13)14-10-26-19(21-14)22-18(24)17-9-15(23)12-6-2-4-8-16(12)25-17/h1-10H,(H,21,22,24). The fourth-order valence-electron chi connectivity index (χ4n) is 2.50. The zero-order valence-corrected chi connectivity index (χ0v) is 14.8. The van der Waals surface area contributed by atoms with Gasteiger partial charge in [0, 0.05) is 22.0 Å². The van der Waals surface area contributed by atoms with Gasteiger partial charge in [-0.05, 0) is 18.2 Å². The molecule has 0 atom stereocenters. The molecular formula is C19H11ClN2O3S. The molecule has 2 aromatic heterocycles. The van der Waals surface area contributed by atoms with E-state index in [1.807, 2.05) is 18.2 Å². The largest absolute Gasteiger partial charge is 0.451 e. The SMILES string of the molecule is O=C(Nc1nc(-c2ccccc2Cl)cs1)c1cc(=O)c2ccccc2o1. The van der Waals surface area contributed by atoms with E-state index in [2.05, 4.69) is 10.3 Å². The summed E-state index contributed by atoms with van der Waals surface area (Å²) >= 11 is 7.43. The van der Waals surface area contributed by atoms with Crippen LogP contribution in [0.25, 0.3) is 22.2 Å². The number of hydrogen-bond acceptors (Lipinski definition) is 5. The third-order valence-corrected chi connectivity index (χ3v) is 4.82. The Bertz CT molecular complexity index is 1180. The van der Waals surface area contributed by atoms with Crippen molar-refractivity contribution >= 4 is 44.9 Å². The Balaban J connectivity index is 1.61. The predicted molar refractivity (Wildman–Crippen MR) is 103 cm³/mol. The van der Waals surface area contributed by atoms with E-state index < -0.39 is 5.91 Å². The third-order valence-electron chi connectivity index (χ3n) is 3.73. The summed E-state index contributed by atoms with van der Waals surface area (Å²) in [5, 5.41) is 5.85. The minimum Gasteiger partial charge on any atom is -0.451 e. The highest BCUT2D eigenvalue weighted by Gasteiger charge is 2.15. The Morgan fingerprint density at radius 1 is 1.12 bits per heavy atom. The molecule has 4 aromatic rings. The first-order valence-corrected chi connectivity index (χ1v) is 8.92. The summed E-state index contributed by atoms with van der Waals surface area (Å²) in [5.74, 6) is -0.601. The molecule has 7 heteroatoms. The molecule has 2 heterocycles. The van der Waals surface area contributed by atoms with Gasteiger partial charge in [-0.3, -0.25) is 14.9 Å². The Hall–Kier alpha value is -2.96. The fourth-order valence-corrected chi connectivity index (χ4v) is 3.44. The number of amides is 1. The topological polar surface area (TPSA) is 72.2 Å². The molecule has 0 fully saturated rings. The molecule has 0 saturated carbocycles. The molecule has 26 heavy (non-hydrogen) atoms. The molecule has 0 aliphatic heterocycles. The number of nitrogens with zero attached hydrogens (tertiary/aromatic N) is 1. The number of aromatic nitrogens is 1. The van der Waals surface area contributed by atoms with Crippen molar-refractivity contribution < 1.29 is 9.21 Å². The van der Waals surface area contributed by atoms with Crippen molar-refractivity contribution in [3.8, 4) is 11.3 Å². The van der Waals surface area contributed by atoms with Gasteiger partial charge in [0.25, 0.3) is 5.91 Å². The lowest BCUT2D eigenvalue weighted by Crippen LogP contribution is -2.14. The number of thiazole rings is 1. The fraction of sp³-hybridized carbons (Fsp3) is 0. The Morgan fingerprint density at radius 2 is 1.88 bits per heavy atom. The van der Waals surface area contributed by atoms with Crippen LogP contribution in [0, 0.1) is 0 Å². The van der Waals surface area contributed by atoms with Crippen molar-refractivity contribution in [3.05, 3.63) is 81.0 Å². The van der Waals surface area contributed by atoms with Crippen molar-refractivity contribution in [1.29, 1.82) is 0 Å². The third kappa shape index (κ3) is 3.12. The molecule has 0 spiro atoms. The molecular weight excluding hydrogens is 372 g/mol. The second-order valence-corrected chi connectivity index (χ2v) is 6.71. The Kier molecular flexibility index (Phi) is 4.28. The van der Waals surface area contributed by atoms with Crippen LogP contribution in [-0.2, 0) is 0 Å². The number of carbonyl (C=O) groups excluding carboxylic acids is 1. The molecule has 4 rings (SSSR count). The normalized spacial score (nSPS) is 10.8. The molecule has 0 aliphatic rings. The first kappa shape index (κ1) is 16.5. The van der Waals surface area contributed by atoms with E-state index in [4.69, 9.17) is 16.0 Å². The Labute approximate surface area is 156 Å². The second kappa shape index (κ2) is 6.74. The minimum atomic E-state index is -0.534. The molecule has 0 aliphatic carbocycles. The summed E-state index contributed by atoms with van der Waals surface area (Å²) in [7, 11) is 0. The quantitative estimate of drug-likeness (QED) is 0.551. The lowest BCUT2D eigenvalue weighted by molar-refractivity contribution is 0.0997. The molecule has 128 valence electrons. The molecule has 5 nitrogen and oxygen atoms in total. The lowest BCUT2D eigenvalue weighted by Gasteiger charge is -2.03. The molecule has 1 N–H and O–H groups in total. The van der Waals surface area contributed by atoms with Crippen LogP contribution in [0.1, 0.15) is 10.6 Å². The van der Waals surface area contributed by atoms with Gasteiger partial charge >= 0.3 is 0 Å². The summed E-state index contributed by atoms with van der Waals surface area (Å²) in [5.41, 5.74) is 1.54. The van der Waals surface area contributed by atoms with Crippen LogP contribution in [0.4, 0.5) is 5.13 Å². The van der Waals surface area contributed by atoms with Crippen LogP contribution in [0.2, 0.25) is 5.02 Å². The van der Waals surface area contributed by atoms with Gasteiger partial charge < -0.3 is 4.42 Å². The number of hydrogen-bond donors (Lipinski definition) is 1. The maximum absolute atomic E-state index is 12.4. The van der Waals surface area contributed by atoms with Gasteiger partial charge in [-0.2, -0.15) is 0 Å². The van der Waals surface area contributed by atoms with Gasteiger partial charge in [-0.1, -0.05) is 41.9 Å². The van der Waals surface area contributed by atoms with Gasteiger partial charge in [-0.25, -0.2) is 4.98 Å². The van der Waals surface area contributed by atoms with Crippen molar-refractivity contribution in [2.75, 3.05) is 5.32 Å². The zero-order valence-electron chi connectivity index (χ0n) is 13.2. The van der Waals surface area contributed by atoms with E-state index >= 15 is 0 Å². The number of carbonyl (C=O) groups is 1. The van der Waals surface area contributed by atoms with Gasteiger partial charge in [0.2, 0.25) is 0 Å². The van der Waals surface area contributed by atoms with Crippen molar-refractivity contribution in [2.45, 2.75) is 0 Å². The predicted octanol–water partition coefficient (Wildman–Crippen LogP) is 4.82. The highest BCUT2D eigenvalue weighted by Crippen LogP contribution is 2.30. The van der Waals surface area contributed by atoms with E-state index in [-0.39, 0.29) is 11.2 Å². The number of halogens is 1. The van der Waals surface area contributed by atoms with Gasteiger partial charge in [0.05, 0.1) is 11.1 Å². The monoisotopic (exact) mass is 382 g/mol. The van der Waals surface area contributed by atoms with Gasteiger partial charge in [0.1, 0.15) is 5.58 Å². The van der Waals surface area contributed by atoms with Crippen LogP contribution in [0.15, 0.2) is 69.2 Å². The molecule has 2 aromatic carbocycles. The summed E-state index contributed by atoms with van der Waals surface area (Å²) in [4.78, 5) is 28.9. The number of para-hydroxylation sites is 1. The van der Waals surface area contributed by atoms with E-state index in [0.29, 0.717) is 26.8 Å². The maximum Gasteiger partial charge on any atom is 0.293 e. The summed E-state index contributed by atoms with van der Waals surface area (Å²) in [6.07, 6.45) is 0. The maximum atomic E-state index is 12.4. The molecule has 1 amide bonds. The average molecular weight is 383 g/mol. The zero-order chi connectivity index (χ0) is 18.1. The van der Waals surface area contributed by atoms with Crippen molar-refractivity contribution in [2.24, 2.45) is 0 Å². The number of rotatable bonds is 3. The number of nitrogens with one attached hydrogen (secondary N) is 1. The number of fused-ring (bicyclic) bond motifs is 1. The van der Waals surface area contributed by atoms with Crippen LogP contribution >= 0.6 is 22.9 Å². The number of benzene rings is 2. The van der Waals surface area contributed by atoms with Gasteiger partial charge in [-0.15, -0.1) is 11.3 Å². The Morgan fingerprint density at radius 3 is 2.73 bits per heavy atom. The van der Waals surface area contributed by atoms with Crippen LogP contribution < -0.4 is 10.7 Å². The summed E-state index contributed by atoms with van der Waals surface area (Å²) in [6.45, 7) is 0. The lowest BCUT2D eigenvalue weighted by atomic mass is 10.2. The molecule has 0 bridgehead atoms. The van der Waals surface area contributed by atoms with E-state index in [1.165, 1.54) is 17.4 Å². The average Bonchev–Trinajstić information content (AvgIpc) is 3.10. The van der Waals surface area contributed by atoms with Crippen LogP contribution in [-0.4, -0.2) is 10.9 Å². The van der Waals surface area contributed by atoms with E-state index in [0.717, 1.165) is 5.56 Å². The van der Waals surface area contributed by atoms with E-state index in [9.17, 15) is 9.59 Å². The minimum absolute atomic E-state index is 0.0665. The number of anilines is 1. The molecule has 0 saturated heterocycles. The second-order valence-electron chi connectivity index (χ2n) is 5.44.